The lowest BCUT2D eigenvalue weighted by Gasteiger charge is -2.21. The normalized spacial score (nSPS) is 19.4. The van der Waals surface area contributed by atoms with Gasteiger partial charge in [0.05, 0.1) is 17.3 Å². The SMILES string of the molecule is O=C(Nc1ccccc1N1CCCC1=O)C1CC(=O)N(Cc2ccccc2)C1. The number of carbonyl (C=O) groups excluding carboxylic acids is 3. The van der Waals surface area contributed by atoms with Crippen LogP contribution in [-0.4, -0.2) is 35.7 Å². The summed E-state index contributed by atoms with van der Waals surface area (Å²) in [5, 5.41) is 2.94. The zero-order valence-corrected chi connectivity index (χ0v) is 15.6. The van der Waals surface area contributed by atoms with Crippen molar-refractivity contribution in [2.45, 2.75) is 25.8 Å². The van der Waals surface area contributed by atoms with Gasteiger partial charge in [-0.1, -0.05) is 42.5 Å². The van der Waals surface area contributed by atoms with Crippen molar-refractivity contribution in [2.24, 2.45) is 5.92 Å². The topological polar surface area (TPSA) is 69.7 Å². The van der Waals surface area contributed by atoms with Gasteiger partial charge in [-0.15, -0.1) is 0 Å². The standard InChI is InChI=1S/C22H23N3O3/c26-20-11-6-12-25(20)19-10-5-4-9-18(19)23-22(28)17-13-21(27)24(15-17)14-16-7-2-1-3-8-16/h1-5,7-10,17H,6,11-15H2,(H,23,28). The lowest BCUT2D eigenvalue weighted by Crippen LogP contribution is -2.29. The van der Waals surface area contributed by atoms with Crippen LogP contribution < -0.4 is 10.2 Å². The lowest BCUT2D eigenvalue weighted by atomic mass is 10.1. The first-order valence-electron chi connectivity index (χ1n) is 9.64. The van der Waals surface area contributed by atoms with E-state index in [1.165, 1.54) is 0 Å². The smallest absolute Gasteiger partial charge is 0.229 e. The lowest BCUT2D eigenvalue weighted by molar-refractivity contribution is -0.128. The van der Waals surface area contributed by atoms with Gasteiger partial charge in [-0.05, 0) is 24.1 Å². The van der Waals surface area contributed by atoms with Crippen LogP contribution in [0.25, 0.3) is 0 Å². The van der Waals surface area contributed by atoms with Gasteiger partial charge in [0.2, 0.25) is 17.7 Å². The van der Waals surface area contributed by atoms with E-state index in [-0.39, 0.29) is 24.1 Å². The molecule has 2 heterocycles. The van der Waals surface area contributed by atoms with Crippen molar-refractivity contribution < 1.29 is 14.4 Å². The molecule has 0 radical (unpaired) electrons. The number of para-hydroxylation sites is 2. The Morgan fingerprint density at radius 2 is 1.75 bits per heavy atom. The van der Waals surface area contributed by atoms with Crippen molar-refractivity contribution in [3.63, 3.8) is 0 Å². The number of hydrogen-bond acceptors (Lipinski definition) is 3. The third kappa shape index (κ3) is 3.76. The van der Waals surface area contributed by atoms with Crippen molar-refractivity contribution in [2.75, 3.05) is 23.3 Å². The van der Waals surface area contributed by atoms with E-state index < -0.39 is 5.92 Å². The Labute approximate surface area is 164 Å². The summed E-state index contributed by atoms with van der Waals surface area (Å²) in [5.74, 6) is -0.500. The van der Waals surface area contributed by atoms with Crippen LogP contribution in [0.1, 0.15) is 24.8 Å². The number of anilines is 2. The largest absolute Gasteiger partial charge is 0.338 e. The molecule has 0 saturated carbocycles. The Morgan fingerprint density at radius 3 is 2.50 bits per heavy atom. The van der Waals surface area contributed by atoms with E-state index in [1.807, 2.05) is 48.5 Å². The molecule has 4 rings (SSSR count). The summed E-state index contributed by atoms with van der Waals surface area (Å²) in [5.41, 5.74) is 2.40. The minimum absolute atomic E-state index is 0.00740. The maximum atomic E-state index is 12.8. The highest BCUT2D eigenvalue weighted by atomic mass is 16.2. The van der Waals surface area contributed by atoms with E-state index >= 15 is 0 Å². The van der Waals surface area contributed by atoms with E-state index in [4.69, 9.17) is 0 Å². The average Bonchev–Trinajstić information content (AvgIpc) is 3.29. The van der Waals surface area contributed by atoms with Crippen LogP contribution in [0, 0.1) is 5.92 Å². The molecule has 1 N–H and O–H groups in total. The van der Waals surface area contributed by atoms with Crippen molar-refractivity contribution in [3.05, 3.63) is 60.2 Å². The molecule has 6 heteroatoms. The second-order valence-electron chi connectivity index (χ2n) is 7.32. The molecule has 2 saturated heterocycles. The zero-order valence-electron chi connectivity index (χ0n) is 15.6. The first kappa shape index (κ1) is 18.2. The second-order valence-corrected chi connectivity index (χ2v) is 7.32. The number of amides is 3. The van der Waals surface area contributed by atoms with Crippen LogP contribution in [0.5, 0.6) is 0 Å². The minimum Gasteiger partial charge on any atom is -0.338 e. The molecule has 28 heavy (non-hydrogen) atoms. The Bertz CT molecular complexity index is 897. The van der Waals surface area contributed by atoms with Gasteiger partial charge in [0.25, 0.3) is 0 Å². The molecule has 1 unspecified atom stereocenters. The molecule has 144 valence electrons. The summed E-state index contributed by atoms with van der Waals surface area (Å²) in [6.45, 7) is 1.59. The predicted octanol–water partition coefficient (Wildman–Crippen LogP) is 2.80. The first-order chi connectivity index (χ1) is 13.6. The van der Waals surface area contributed by atoms with Crippen LogP contribution >= 0.6 is 0 Å². The summed E-state index contributed by atoms with van der Waals surface area (Å²) >= 11 is 0. The van der Waals surface area contributed by atoms with Gasteiger partial charge in [-0.3, -0.25) is 14.4 Å². The van der Waals surface area contributed by atoms with Gasteiger partial charge in [0.15, 0.2) is 0 Å². The molecule has 0 aromatic heterocycles. The number of nitrogens with one attached hydrogen (secondary N) is 1. The maximum Gasteiger partial charge on any atom is 0.229 e. The van der Waals surface area contributed by atoms with Crippen LogP contribution in [0.4, 0.5) is 11.4 Å². The summed E-state index contributed by atoms with van der Waals surface area (Å²) in [7, 11) is 0. The molecule has 6 nitrogen and oxygen atoms in total. The van der Waals surface area contributed by atoms with Crippen LogP contribution in [0.2, 0.25) is 0 Å². The third-order valence-electron chi connectivity index (χ3n) is 5.33. The Morgan fingerprint density at radius 1 is 1.00 bits per heavy atom. The molecule has 3 amide bonds. The quantitative estimate of drug-likeness (QED) is 0.871. The first-order valence-corrected chi connectivity index (χ1v) is 9.64. The Balaban J connectivity index is 1.43. The fourth-order valence-corrected chi connectivity index (χ4v) is 3.86. The van der Waals surface area contributed by atoms with Gasteiger partial charge in [0, 0.05) is 32.5 Å². The highest BCUT2D eigenvalue weighted by molar-refractivity contribution is 6.03. The molecule has 0 bridgehead atoms. The Kier molecular flexibility index (Phi) is 5.10. The van der Waals surface area contributed by atoms with E-state index in [0.29, 0.717) is 31.7 Å². The van der Waals surface area contributed by atoms with Crippen molar-refractivity contribution >= 4 is 29.1 Å². The van der Waals surface area contributed by atoms with Crippen LogP contribution in [0.3, 0.4) is 0 Å². The van der Waals surface area contributed by atoms with Crippen LogP contribution in [-0.2, 0) is 20.9 Å². The molecular weight excluding hydrogens is 354 g/mol. The van der Waals surface area contributed by atoms with Gasteiger partial charge >= 0.3 is 0 Å². The summed E-state index contributed by atoms with van der Waals surface area (Å²) in [6, 6.07) is 17.1. The van der Waals surface area contributed by atoms with Gasteiger partial charge in [0.1, 0.15) is 0 Å². The zero-order chi connectivity index (χ0) is 19.5. The van der Waals surface area contributed by atoms with Gasteiger partial charge in [-0.2, -0.15) is 0 Å². The van der Waals surface area contributed by atoms with Gasteiger partial charge in [-0.25, -0.2) is 0 Å². The summed E-state index contributed by atoms with van der Waals surface area (Å²) in [6.07, 6.45) is 1.57. The molecule has 2 aromatic rings. The maximum absolute atomic E-state index is 12.8. The molecular formula is C22H23N3O3. The number of carbonyl (C=O) groups is 3. The number of likely N-dealkylation sites (tertiary alicyclic amines) is 1. The van der Waals surface area contributed by atoms with E-state index in [9.17, 15) is 14.4 Å². The molecule has 1 atom stereocenters. The monoisotopic (exact) mass is 377 g/mol. The molecule has 2 aliphatic rings. The minimum atomic E-state index is -0.390. The van der Waals surface area contributed by atoms with E-state index in [1.54, 1.807) is 15.9 Å². The third-order valence-corrected chi connectivity index (χ3v) is 5.33. The molecule has 2 aromatic carbocycles. The highest BCUT2D eigenvalue weighted by Crippen LogP contribution is 2.30. The predicted molar refractivity (Wildman–Crippen MR) is 107 cm³/mol. The number of rotatable bonds is 5. The fraction of sp³-hybridized carbons (Fsp3) is 0.318. The van der Waals surface area contributed by atoms with Crippen molar-refractivity contribution in [1.29, 1.82) is 0 Å². The number of nitrogens with zero attached hydrogens (tertiary/aromatic N) is 2. The highest BCUT2D eigenvalue weighted by Gasteiger charge is 2.35. The van der Waals surface area contributed by atoms with E-state index in [0.717, 1.165) is 17.7 Å². The Hall–Kier alpha value is -3.15. The molecule has 0 spiro atoms. The fourth-order valence-electron chi connectivity index (χ4n) is 3.86. The summed E-state index contributed by atoms with van der Waals surface area (Å²) in [4.78, 5) is 40.7. The summed E-state index contributed by atoms with van der Waals surface area (Å²) < 4.78 is 0. The number of benzene rings is 2. The second kappa shape index (κ2) is 7.84. The van der Waals surface area contributed by atoms with Gasteiger partial charge < -0.3 is 15.1 Å². The average molecular weight is 377 g/mol. The number of hydrogen-bond donors (Lipinski definition) is 1. The molecule has 2 fully saturated rings. The molecule has 2 aliphatic heterocycles. The van der Waals surface area contributed by atoms with Crippen LogP contribution in [0.15, 0.2) is 54.6 Å². The molecule has 0 aliphatic carbocycles. The van der Waals surface area contributed by atoms with Crippen molar-refractivity contribution in [3.8, 4) is 0 Å². The van der Waals surface area contributed by atoms with E-state index in [2.05, 4.69) is 5.32 Å². The van der Waals surface area contributed by atoms with Crippen molar-refractivity contribution in [1.82, 2.24) is 4.90 Å².